The molecule has 1 aromatic heterocycles. The number of hydrogen-bond acceptors (Lipinski definition) is 4. The van der Waals surface area contributed by atoms with Crippen LogP contribution >= 0.6 is 11.3 Å². The maximum absolute atomic E-state index is 13.8. The molecule has 0 spiro atoms. The highest BCUT2D eigenvalue weighted by Crippen LogP contribution is 2.29. The van der Waals surface area contributed by atoms with Crippen LogP contribution in [0.4, 0.5) is 17.6 Å². The van der Waals surface area contributed by atoms with Crippen molar-refractivity contribution < 1.29 is 31.8 Å². The fraction of sp³-hybridized carbons (Fsp3) is 0.174. The van der Waals surface area contributed by atoms with E-state index in [0.717, 1.165) is 9.75 Å². The van der Waals surface area contributed by atoms with E-state index < -0.39 is 35.6 Å². The minimum Gasteiger partial charge on any atom is -0.496 e. The second-order valence-electron chi connectivity index (χ2n) is 6.68. The molecule has 0 unspecified atom stereocenters. The molecule has 0 aliphatic rings. The third-order valence-electron chi connectivity index (χ3n) is 4.48. The molecule has 0 N–H and O–H groups in total. The molecule has 0 amide bonds. The minimum absolute atomic E-state index is 0.108. The SMILES string of the molecule is COc1ccc(/C=C/C(=O)c2cc(C)sc2C)cc1COc1c(F)c(F)cc(F)c1F. The maximum atomic E-state index is 13.8. The van der Waals surface area contributed by atoms with Gasteiger partial charge in [-0.05, 0) is 43.7 Å². The number of halogens is 4. The number of carbonyl (C=O) groups is 1. The second kappa shape index (κ2) is 9.34. The molecular weight excluding hydrogens is 432 g/mol. The van der Waals surface area contributed by atoms with Gasteiger partial charge in [-0.1, -0.05) is 12.1 Å². The number of rotatable bonds is 7. The average Bonchev–Trinajstić information content (AvgIpc) is 3.08. The van der Waals surface area contributed by atoms with Crippen molar-refractivity contribution in [3.05, 3.63) is 86.1 Å². The summed E-state index contributed by atoms with van der Waals surface area (Å²) in [6.07, 6.45) is 3.00. The lowest BCUT2D eigenvalue weighted by Crippen LogP contribution is -2.05. The van der Waals surface area contributed by atoms with Gasteiger partial charge in [-0.3, -0.25) is 4.79 Å². The number of thiophene rings is 1. The zero-order valence-corrected chi connectivity index (χ0v) is 17.7. The Kier molecular flexibility index (Phi) is 6.80. The van der Waals surface area contributed by atoms with Crippen LogP contribution in [0.25, 0.3) is 6.08 Å². The molecule has 0 radical (unpaired) electrons. The maximum Gasteiger partial charge on any atom is 0.203 e. The van der Waals surface area contributed by atoms with Gasteiger partial charge in [-0.15, -0.1) is 11.3 Å². The first-order valence-electron chi connectivity index (χ1n) is 9.13. The molecule has 8 heteroatoms. The van der Waals surface area contributed by atoms with Crippen LogP contribution in [0.3, 0.4) is 0 Å². The molecule has 3 aromatic rings. The number of carbonyl (C=O) groups excluding carboxylic acids is 1. The van der Waals surface area contributed by atoms with Gasteiger partial charge < -0.3 is 9.47 Å². The van der Waals surface area contributed by atoms with Crippen molar-refractivity contribution >= 4 is 23.2 Å². The van der Waals surface area contributed by atoms with Crippen molar-refractivity contribution in [2.24, 2.45) is 0 Å². The zero-order valence-electron chi connectivity index (χ0n) is 16.9. The average molecular weight is 450 g/mol. The lowest BCUT2D eigenvalue weighted by molar-refractivity contribution is 0.104. The molecule has 0 bridgehead atoms. The Bertz CT molecular complexity index is 1140. The van der Waals surface area contributed by atoms with Crippen LogP contribution in [0.15, 0.2) is 36.4 Å². The van der Waals surface area contributed by atoms with E-state index >= 15 is 0 Å². The summed E-state index contributed by atoms with van der Waals surface area (Å²) in [6.45, 7) is 3.37. The molecule has 3 nitrogen and oxygen atoms in total. The van der Waals surface area contributed by atoms with Crippen LogP contribution in [0.5, 0.6) is 11.5 Å². The first-order chi connectivity index (χ1) is 14.7. The van der Waals surface area contributed by atoms with Crippen LogP contribution in [-0.4, -0.2) is 12.9 Å². The standard InChI is InChI=1S/C23H18F4O3S/c1-12-8-16(13(2)31-12)19(28)6-4-14-5-7-20(29-3)15(9-14)11-30-23-21(26)17(24)10-18(25)22(23)27/h4-10H,11H2,1-3H3/b6-4+. The van der Waals surface area contributed by atoms with Crippen LogP contribution in [0.2, 0.25) is 0 Å². The van der Waals surface area contributed by atoms with Crippen molar-refractivity contribution in [1.29, 1.82) is 0 Å². The van der Waals surface area contributed by atoms with Gasteiger partial charge in [0.25, 0.3) is 0 Å². The third kappa shape index (κ3) is 4.96. The predicted molar refractivity (Wildman–Crippen MR) is 111 cm³/mol. The van der Waals surface area contributed by atoms with E-state index in [-0.39, 0.29) is 11.8 Å². The number of hydrogen-bond donors (Lipinski definition) is 0. The molecule has 0 saturated heterocycles. The highest BCUT2D eigenvalue weighted by molar-refractivity contribution is 7.12. The first kappa shape index (κ1) is 22.6. The molecule has 0 aliphatic heterocycles. The van der Waals surface area contributed by atoms with Gasteiger partial charge >= 0.3 is 0 Å². The molecule has 2 aromatic carbocycles. The van der Waals surface area contributed by atoms with Crippen molar-refractivity contribution in [3.63, 3.8) is 0 Å². The number of benzene rings is 2. The van der Waals surface area contributed by atoms with Crippen molar-refractivity contribution in [3.8, 4) is 11.5 Å². The molecule has 0 fully saturated rings. The fourth-order valence-corrected chi connectivity index (χ4v) is 3.91. The molecule has 1 heterocycles. The van der Waals surface area contributed by atoms with Crippen LogP contribution in [0.1, 0.15) is 31.2 Å². The van der Waals surface area contributed by atoms with Crippen molar-refractivity contribution in [2.75, 3.05) is 7.11 Å². The first-order valence-corrected chi connectivity index (χ1v) is 9.95. The summed E-state index contributed by atoms with van der Waals surface area (Å²) in [7, 11) is 1.39. The van der Waals surface area contributed by atoms with Crippen molar-refractivity contribution in [2.45, 2.75) is 20.5 Å². The summed E-state index contributed by atoms with van der Waals surface area (Å²) in [5, 5.41) is 0. The number of methoxy groups -OCH3 is 1. The topological polar surface area (TPSA) is 35.5 Å². The molecular formula is C23H18F4O3S. The molecule has 162 valence electrons. The van der Waals surface area contributed by atoms with Gasteiger partial charge in [0.05, 0.1) is 7.11 Å². The quantitative estimate of drug-likeness (QED) is 0.181. The molecule has 0 saturated carbocycles. The number of ether oxygens (including phenoxy) is 2. The van der Waals surface area contributed by atoms with Gasteiger partial charge in [0.2, 0.25) is 11.6 Å². The largest absolute Gasteiger partial charge is 0.496 e. The Balaban J connectivity index is 1.83. The van der Waals surface area contributed by atoms with E-state index in [4.69, 9.17) is 9.47 Å². The Morgan fingerprint density at radius 3 is 2.29 bits per heavy atom. The normalized spacial score (nSPS) is 11.2. The minimum atomic E-state index is -1.62. The van der Waals surface area contributed by atoms with Gasteiger partial charge in [-0.2, -0.15) is 8.78 Å². The Morgan fingerprint density at radius 2 is 1.71 bits per heavy atom. The summed E-state index contributed by atoms with van der Waals surface area (Å²) < 4.78 is 64.6. The molecule has 0 aliphatic carbocycles. The monoisotopic (exact) mass is 450 g/mol. The fourth-order valence-electron chi connectivity index (χ4n) is 2.98. The Labute approximate surface area is 180 Å². The summed E-state index contributed by atoms with van der Waals surface area (Å²) in [6, 6.07) is 6.78. The summed E-state index contributed by atoms with van der Waals surface area (Å²) in [4.78, 5) is 14.4. The zero-order chi connectivity index (χ0) is 22.7. The van der Waals surface area contributed by atoms with Gasteiger partial charge in [0, 0.05) is 26.9 Å². The molecule has 31 heavy (non-hydrogen) atoms. The van der Waals surface area contributed by atoms with E-state index in [9.17, 15) is 22.4 Å². The summed E-state index contributed by atoms with van der Waals surface area (Å²) in [5.74, 6) is -7.34. The van der Waals surface area contributed by atoms with Crippen molar-refractivity contribution in [1.82, 2.24) is 0 Å². The van der Waals surface area contributed by atoms with E-state index in [0.29, 0.717) is 22.4 Å². The van der Waals surface area contributed by atoms with Crippen LogP contribution < -0.4 is 9.47 Å². The number of aryl methyl sites for hydroxylation is 2. The molecule has 3 rings (SSSR count). The lowest BCUT2D eigenvalue weighted by Gasteiger charge is -2.13. The summed E-state index contributed by atoms with van der Waals surface area (Å²) >= 11 is 1.53. The van der Waals surface area contributed by atoms with E-state index in [1.54, 1.807) is 24.3 Å². The third-order valence-corrected chi connectivity index (χ3v) is 5.45. The van der Waals surface area contributed by atoms with E-state index in [1.807, 2.05) is 19.9 Å². The highest BCUT2D eigenvalue weighted by atomic mass is 32.1. The number of ketones is 1. The smallest absolute Gasteiger partial charge is 0.203 e. The van der Waals surface area contributed by atoms with Crippen LogP contribution in [-0.2, 0) is 6.61 Å². The second-order valence-corrected chi connectivity index (χ2v) is 8.14. The van der Waals surface area contributed by atoms with E-state index in [1.165, 1.54) is 24.5 Å². The Hall–Kier alpha value is -3.13. The van der Waals surface area contributed by atoms with Gasteiger partial charge in [0.15, 0.2) is 23.2 Å². The van der Waals surface area contributed by atoms with Gasteiger partial charge in [-0.25, -0.2) is 8.78 Å². The van der Waals surface area contributed by atoms with Gasteiger partial charge in [0.1, 0.15) is 12.4 Å². The molecule has 0 atom stereocenters. The Morgan fingerprint density at radius 1 is 1.03 bits per heavy atom. The highest BCUT2D eigenvalue weighted by Gasteiger charge is 2.21. The summed E-state index contributed by atoms with van der Waals surface area (Å²) in [5.41, 5.74) is 1.58. The number of allylic oxidation sites excluding steroid dienone is 1. The van der Waals surface area contributed by atoms with E-state index in [2.05, 4.69) is 0 Å². The van der Waals surface area contributed by atoms with Crippen LogP contribution in [0, 0.1) is 37.1 Å². The lowest BCUT2D eigenvalue weighted by atomic mass is 10.1. The predicted octanol–water partition coefficient (Wildman–Crippen LogP) is 6.41.